The molecule has 3 N–H and O–H groups in total. The average molecular weight is 393 g/mol. The molecule has 5 rings (SSSR count). The fraction of sp³-hybridized carbons (Fsp3) is 0.381. The average Bonchev–Trinajstić information content (AvgIpc) is 3.32. The normalized spacial score (nSPS) is 16.7. The van der Waals surface area contributed by atoms with Gasteiger partial charge in [-0.15, -0.1) is 0 Å². The molecule has 4 heterocycles. The Morgan fingerprint density at radius 3 is 2.79 bits per heavy atom. The van der Waals surface area contributed by atoms with E-state index < -0.39 is 0 Å². The summed E-state index contributed by atoms with van der Waals surface area (Å²) in [5.74, 6) is 0.189. The number of benzene rings is 1. The molecular formula is C21H23N5O3. The summed E-state index contributed by atoms with van der Waals surface area (Å²) in [6.07, 6.45) is 1.37. The van der Waals surface area contributed by atoms with Crippen molar-refractivity contribution in [2.24, 2.45) is 5.92 Å². The number of likely N-dealkylation sites (tertiary alicyclic amines) is 1. The van der Waals surface area contributed by atoms with Crippen molar-refractivity contribution in [3.63, 3.8) is 0 Å². The monoisotopic (exact) mass is 393 g/mol. The molecule has 3 aromatic rings. The van der Waals surface area contributed by atoms with Gasteiger partial charge >= 0.3 is 0 Å². The van der Waals surface area contributed by atoms with Gasteiger partial charge in [0.2, 0.25) is 0 Å². The lowest BCUT2D eigenvalue weighted by molar-refractivity contribution is 0.0439. The molecule has 0 aliphatic carbocycles. The van der Waals surface area contributed by atoms with Gasteiger partial charge in [-0.3, -0.25) is 14.7 Å². The zero-order valence-corrected chi connectivity index (χ0v) is 16.0. The van der Waals surface area contributed by atoms with Gasteiger partial charge in [0, 0.05) is 54.8 Å². The van der Waals surface area contributed by atoms with E-state index in [0.29, 0.717) is 49.9 Å². The summed E-state index contributed by atoms with van der Waals surface area (Å²) < 4.78 is 0. The molecule has 1 fully saturated rings. The van der Waals surface area contributed by atoms with Gasteiger partial charge in [0.15, 0.2) is 5.69 Å². The summed E-state index contributed by atoms with van der Waals surface area (Å²) in [7, 11) is 0. The van der Waals surface area contributed by atoms with Gasteiger partial charge in [-0.1, -0.05) is 18.2 Å². The second-order valence-corrected chi connectivity index (χ2v) is 7.86. The summed E-state index contributed by atoms with van der Waals surface area (Å²) in [5, 5.41) is 17.3. The molecule has 0 bridgehead atoms. The van der Waals surface area contributed by atoms with E-state index in [0.717, 1.165) is 28.6 Å². The van der Waals surface area contributed by atoms with Crippen LogP contribution in [0.3, 0.4) is 0 Å². The first-order valence-electron chi connectivity index (χ1n) is 9.97. The Bertz CT molecular complexity index is 1050. The SMILES string of the molecule is O=C(c1cc2ccccc2[nH]1)N1CCc2[nH]nc(C(=O)N3CC(CCO)C3)c2C1. The lowest BCUT2D eigenvalue weighted by atomic mass is 9.95. The third-order valence-corrected chi connectivity index (χ3v) is 5.97. The maximum Gasteiger partial charge on any atom is 0.274 e. The molecule has 2 aliphatic heterocycles. The molecule has 150 valence electrons. The zero-order valence-electron chi connectivity index (χ0n) is 16.0. The third-order valence-electron chi connectivity index (χ3n) is 5.97. The highest BCUT2D eigenvalue weighted by atomic mass is 16.3. The first kappa shape index (κ1) is 17.9. The van der Waals surface area contributed by atoms with Crippen molar-refractivity contribution in [3.05, 3.63) is 53.0 Å². The van der Waals surface area contributed by atoms with Crippen LogP contribution in [-0.2, 0) is 13.0 Å². The fourth-order valence-electron chi connectivity index (χ4n) is 4.25. The molecule has 8 nitrogen and oxygen atoms in total. The van der Waals surface area contributed by atoms with Crippen LogP contribution >= 0.6 is 0 Å². The van der Waals surface area contributed by atoms with Crippen LogP contribution in [0.5, 0.6) is 0 Å². The molecule has 0 saturated carbocycles. The number of rotatable bonds is 4. The smallest absolute Gasteiger partial charge is 0.274 e. The molecule has 0 unspecified atom stereocenters. The van der Waals surface area contributed by atoms with Crippen molar-refractivity contribution in [1.29, 1.82) is 0 Å². The molecule has 2 amide bonds. The van der Waals surface area contributed by atoms with Crippen molar-refractivity contribution in [1.82, 2.24) is 25.0 Å². The van der Waals surface area contributed by atoms with Crippen LogP contribution in [0.4, 0.5) is 0 Å². The number of nitrogens with one attached hydrogen (secondary N) is 2. The number of hydrogen-bond donors (Lipinski definition) is 3. The number of aliphatic hydroxyl groups is 1. The van der Waals surface area contributed by atoms with Crippen molar-refractivity contribution in [2.75, 3.05) is 26.2 Å². The van der Waals surface area contributed by atoms with Crippen LogP contribution in [0.15, 0.2) is 30.3 Å². The largest absolute Gasteiger partial charge is 0.396 e. The highest BCUT2D eigenvalue weighted by molar-refractivity contribution is 5.99. The molecule has 29 heavy (non-hydrogen) atoms. The van der Waals surface area contributed by atoms with Crippen LogP contribution in [0.1, 0.15) is 38.7 Å². The molecule has 8 heteroatoms. The van der Waals surface area contributed by atoms with E-state index in [4.69, 9.17) is 5.11 Å². The van der Waals surface area contributed by atoms with Gasteiger partial charge in [0.25, 0.3) is 11.8 Å². The van der Waals surface area contributed by atoms with Gasteiger partial charge in [-0.05, 0) is 24.5 Å². The van der Waals surface area contributed by atoms with Gasteiger partial charge in [0.05, 0.1) is 6.54 Å². The molecule has 2 aliphatic rings. The molecule has 1 saturated heterocycles. The van der Waals surface area contributed by atoms with E-state index in [1.54, 1.807) is 9.80 Å². The minimum atomic E-state index is -0.100. The Kier molecular flexibility index (Phi) is 4.35. The fourth-order valence-corrected chi connectivity index (χ4v) is 4.25. The number of fused-ring (bicyclic) bond motifs is 2. The molecule has 1 aromatic carbocycles. The van der Waals surface area contributed by atoms with E-state index in [9.17, 15) is 9.59 Å². The first-order chi connectivity index (χ1) is 14.1. The molecule has 0 atom stereocenters. The van der Waals surface area contributed by atoms with Crippen LogP contribution in [0.2, 0.25) is 0 Å². The molecular weight excluding hydrogens is 370 g/mol. The lowest BCUT2D eigenvalue weighted by Crippen LogP contribution is -2.50. The molecule has 2 aromatic heterocycles. The molecule has 0 radical (unpaired) electrons. The number of amides is 2. The second-order valence-electron chi connectivity index (χ2n) is 7.86. The number of hydrogen-bond acceptors (Lipinski definition) is 4. The number of aromatic amines is 2. The van der Waals surface area contributed by atoms with E-state index in [-0.39, 0.29) is 18.4 Å². The van der Waals surface area contributed by atoms with Crippen molar-refractivity contribution >= 4 is 22.7 Å². The Morgan fingerprint density at radius 2 is 2.00 bits per heavy atom. The summed E-state index contributed by atoms with van der Waals surface area (Å²) in [6.45, 7) is 2.40. The Labute approximate surface area is 167 Å². The summed E-state index contributed by atoms with van der Waals surface area (Å²) in [4.78, 5) is 32.6. The van der Waals surface area contributed by atoms with Crippen molar-refractivity contribution in [3.8, 4) is 0 Å². The van der Waals surface area contributed by atoms with Crippen molar-refractivity contribution in [2.45, 2.75) is 19.4 Å². The van der Waals surface area contributed by atoms with Crippen LogP contribution in [0.25, 0.3) is 10.9 Å². The maximum atomic E-state index is 13.0. The van der Waals surface area contributed by atoms with Crippen LogP contribution in [0, 0.1) is 5.92 Å². The second kappa shape index (κ2) is 7.04. The third kappa shape index (κ3) is 3.09. The van der Waals surface area contributed by atoms with E-state index >= 15 is 0 Å². The minimum absolute atomic E-state index is 0.0709. The minimum Gasteiger partial charge on any atom is -0.396 e. The number of nitrogens with zero attached hydrogens (tertiary/aromatic N) is 3. The summed E-state index contributed by atoms with van der Waals surface area (Å²) in [5.41, 5.74) is 3.65. The highest BCUT2D eigenvalue weighted by Crippen LogP contribution is 2.27. The summed E-state index contributed by atoms with van der Waals surface area (Å²) >= 11 is 0. The number of carbonyl (C=O) groups is 2. The van der Waals surface area contributed by atoms with E-state index in [1.165, 1.54) is 0 Å². The predicted molar refractivity (Wildman–Crippen MR) is 106 cm³/mol. The number of aromatic nitrogens is 3. The Hall–Kier alpha value is -3.13. The van der Waals surface area contributed by atoms with E-state index in [2.05, 4.69) is 15.2 Å². The highest BCUT2D eigenvalue weighted by Gasteiger charge is 2.35. The number of para-hydroxylation sites is 1. The quantitative estimate of drug-likeness (QED) is 0.625. The topological polar surface area (TPSA) is 105 Å². The number of carbonyl (C=O) groups excluding carboxylic acids is 2. The van der Waals surface area contributed by atoms with Gasteiger partial charge in [-0.2, -0.15) is 5.10 Å². The van der Waals surface area contributed by atoms with Crippen LogP contribution in [-0.4, -0.2) is 68.1 Å². The van der Waals surface area contributed by atoms with Gasteiger partial charge in [0.1, 0.15) is 5.69 Å². The van der Waals surface area contributed by atoms with Gasteiger partial charge < -0.3 is 19.9 Å². The van der Waals surface area contributed by atoms with Crippen LogP contribution < -0.4 is 0 Å². The Balaban J connectivity index is 1.33. The molecule has 0 spiro atoms. The maximum absolute atomic E-state index is 13.0. The lowest BCUT2D eigenvalue weighted by Gasteiger charge is -2.39. The predicted octanol–water partition coefficient (Wildman–Crippen LogP) is 1.54. The number of H-pyrrole nitrogens is 2. The number of aliphatic hydroxyl groups excluding tert-OH is 1. The Morgan fingerprint density at radius 1 is 1.17 bits per heavy atom. The van der Waals surface area contributed by atoms with Crippen molar-refractivity contribution < 1.29 is 14.7 Å². The summed E-state index contributed by atoms with van der Waals surface area (Å²) in [6, 6.07) is 9.67. The standard InChI is InChI=1S/C21H23N5O3/c27-8-6-13-10-26(11-13)21(29)19-15-12-25(7-5-17(15)23-24-19)20(28)18-9-14-3-1-2-4-16(14)22-18/h1-4,9,13,22,27H,5-8,10-12H2,(H,23,24). The zero-order chi connectivity index (χ0) is 20.0. The van der Waals surface area contributed by atoms with E-state index in [1.807, 2.05) is 30.3 Å². The van der Waals surface area contributed by atoms with Gasteiger partial charge in [-0.25, -0.2) is 0 Å². The first-order valence-corrected chi connectivity index (χ1v) is 9.97.